The molecule has 0 bridgehead atoms. The summed E-state index contributed by atoms with van der Waals surface area (Å²) in [5, 5.41) is 3.21. The molecule has 0 aliphatic carbocycles. The quantitative estimate of drug-likeness (QED) is 0.477. The Hall–Kier alpha value is -3.03. The molecule has 168 valence electrons. The Labute approximate surface area is 193 Å². The highest BCUT2D eigenvalue weighted by Crippen LogP contribution is 2.26. The average Bonchev–Trinajstić information content (AvgIpc) is 2.74. The number of hydrogen-bond donors (Lipinski definition) is 2. The largest absolute Gasteiger partial charge is 0.481 e. The van der Waals surface area contributed by atoms with E-state index in [4.69, 9.17) is 16.3 Å². The molecule has 0 spiro atoms. The summed E-state index contributed by atoms with van der Waals surface area (Å²) in [6.45, 7) is 7.37. The van der Waals surface area contributed by atoms with Crippen LogP contribution in [0, 0.1) is 20.8 Å². The van der Waals surface area contributed by atoms with Crippen molar-refractivity contribution in [3.8, 4) is 5.75 Å². The van der Waals surface area contributed by atoms with Crippen LogP contribution in [0.5, 0.6) is 5.75 Å². The Bertz CT molecular complexity index is 1240. The van der Waals surface area contributed by atoms with Gasteiger partial charge in [-0.1, -0.05) is 23.7 Å². The zero-order valence-corrected chi connectivity index (χ0v) is 19.8. The summed E-state index contributed by atoms with van der Waals surface area (Å²) in [5.74, 6) is 0.270. The number of halogens is 1. The molecule has 0 aliphatic heterocycles. The van der Waals surface area contributed by atoms with Crippen LogP contribution in [-0.4, -0.2) is 20.4 Å². The number of sulfonamides is 1. The van der Waals surface area contributed by atoms with Gasteiger partial charge in [0, 0.05) is 10.7 Å². The number of benzene rings is 3. The first-order valence-corrected chi connectivity index (χ1v) is 11.9. The Kier molecular flexibility index (Phi) is 7.11. The highest BCUT2D eigenvalue weighted by molar-refractivity contribution is 7.92. The summed E-state index contributed by atoms with van der Waals surface area (Å²) in [5.41, 5.74) is 3.73. The van der Waals surface area contributed by atoms with E-state index in [0.29, 0.717) is 27.7 Å². The molecule has 0 saturated heterocycles. The zero-order valence-electron chi connectivity index (χ0n) is 18.3. The molecule has 6 nitrogen and oxygen atoms in total. The standard InChI is InChI=1S/C24H25ClN2O4S/c1-15-8-11-20(14-16(15)2)31-18(4)24(28)26-19-9-12-21(13-10-19)32(29,30)27-23-7-5-6-22(25)17(23)3/h5-14,18,27H,1-4H3,(H,26,28)/t18-/m1/s1. The predicted molar refractivity (Wildman–Crippen MR) is 128 cm³/mol. The van der Waals surface area contributed by atoms with Crippen molar-refractivity contribution < 1.29 is 17.9 Å². The number of nitrogens with one attached hydrogen (secondary N) is 2. The molecule has 0 radical (unpaired) electrons. The van der Waals surface area contributed by atoms with Crippen molar-refractivity contribution in [2.75, 3.05) is 10.0 Å². The second-order valence-corrected chi connectivity index (χ2v) is 9.63. The average molecular weight is 473 g/mol. The number of ether oxygens (including phenoxy) is 1. The number of aryl methyl sites for hydroxylation is 2. The van der Waals surface area contributed by atoms with Gasteiger partial charge in [0.15, 0.2) is 6.10 Å². The van der Waals surface area contributed by atoms with Gasteiger partial charge in [-0.25, -0.2) is 8.42 Å². The molecule has 0 saturated carbocycles. The lowest BCUT2D eigenvalue weighted by molar-refractivity contribution is -0.122. The van der Waals surface area contributed by atoms with Crippen LogP contribution >= 0.6 is 11.6 Å². The molecular formula is C24H25ClN2O4S. The number of carbonyl (C=O) groups excluding carboxylic acids is 1. The van der Waals surface area contributed by atoms with Crippen molar-refractivity contribution in [1.29, 1.82) is 0 Å². The fourth-order valence-electron chi connectivity index (χ4n) is 2.93. The maximum atomic E-state index is 12.7. The van der Waals surface area contributed by atoms with Gasteiger partial charge >= 0.3 is 0 Å². The number of amides is 1. The molecule has 8 heteroatoms. The summed E-state index contributed by atoms with van der Waals surface area (Å²) >= 11 is 6.06. The molecule has 32 heavy (non-hydrogen) atoms. The first-order valence-electron chi connectivity index (χ1n) is 9.99. The third-order valence-corrected chi connectivity index (χ3v) is 6.90. The van der Waals surface area contributed by atoms with Crippen LogP contribution in [0.4, 0.5) is 11.4 Å². The van der Waals surface area contributed by atoms with E-state index in [1.807, 2.05) is 32.0 Å². The van der Waals surface area contributed by atoms with Crippen LogP contribution in [-0.2, 0) is 14.8 Å². The van der Waals surface area contributed by atoms with Crippen molar-refractivity contribution in [3.05, 3.63) is 82.4 Å². The molecule has 0 fully saturated rings. The first-order chi connectivity index (χ1) is 15.1. The second kappa shape index (κ2) is 9.63. The molecule has 0 heterocycles. The normalized spacial score (nSPS) is 12.2. The Balaban J connectivity index is 1.66. The van der Waals surface area contributed by atoms with Gasteiger partial charge in [0.05, 0.1) is 10.6 Å². The fourth-order valence-corrected chi connectivity index (χ4v) is 4.23. The van der Waals surface area contributed by atoms with Crippen molar-refractivity contribution in [2.45, 2.75) is 38.7 Å². The third-order valence-electron chi connectivity index (χ3n) is 5.10. The molecule has 0 aromatic heterocycles. The van der Waals surface area contributed by atoms with Gasteiger partial charge in [0.25, 0.3) is 15.9 Å². The molecule has 3 aromatic carbocycles. The van der Waals surface area contributed by atoms with E-state index in [1.165, 1.54) is 24.3 Å². The Morgan fingerprint density at radius 3 is 2.31 bits per heavy atom. The van der Waals surface area contributed by atoms with Gasteiger partial charge < -0.3 is 10.1 Å². The van der Waals surface area contributed by atoms with Crippen LogP contribution in [0.1, 0.15) is 23.6 Å². The van der Waals surface area contributed by atoms with E-state index in [1.54, 1.807) is 32.0 Å². The number of anilines is 2. The van der Waals surface area contributed by atoms with E-state index in [9.17, 15) is 13.2 Å². The summed E-state index contributed by atoms with van der Waals surface area (Å²) in [6, 6.07) is 16.6. The molecule has 3 rings (SSSR count). The van der Waals surface area contributed by atoms with Crippen molar-refractivity contribution >= 4 is 38.9 Å². The maximum absolute atomic E-state index is 12.7. The van der Waals surface area contributed by atoms with Gasteiger partial charge in [-0.2, -0.15) is 0 Å². The molecular weight excluding hydrogens is 448 g/mol. The topological polar surface area (TPSA) is 84.5 Å². The smallest absolute Gasteiger partial charge is 0.265 e. The van der Waals surface area contributed by atoms with Crippen molar-refractivity contribution in [2.24, 2.45) is 0 Å². The molecule has 2 N–H and O–H groups in total. The minimum atomic E-state index is -3.81. The van der Waals surface area contributed by atoms with Crippen molar-refractivity contribution in [1.82, 2.24) is 0 Å². The second-order valence-electron chi connectivity index (χ2n) is 7.54. The number of hydrogen-bond acceptors (Lipinski definition) is 4. The predicted octanol–water partition coefficient (Wildman–Crippen LogP) is 5.47. The minimum Gasteiger partial charge on any atom is -0.481 e. The van der Waals surface area contributed by atoms with E-state index in [-0.39, 0.29) is 10.8 Å². The van der Waals surface area contributed by atoms with Crippen LogP contribution < -0.4 is 14.8 Å². The third kappa shape index (κ3) is 5.60. The summed E-state index contributed by atoms with van der Waals surface area (Å²) in [6.07, 6.45) is -0.729. The van der Waals surface area contributed by atoms with Crippen LogP contribution in [0.3, 0.4) is 0 Å². The summed E-state index contributed by atoms with van der Waals surface area (Å²) < 4.78 is 33.7. The number of rotatable bonds is 7. The van der Waals surface area contributed by atoms with Crippen molar-refractivity contribution in [3.63, 3.8) is 0 Å². The molecule has 0 unspecified atom stereocenters. The van der Waals surface area contributed by atoms with Gasteiger partial charge in [0.1, 0.15) is 5.75 Å². The molecule has 3 aromatic rings. The van der Waals surface area contributed by atoms with Crippen LogP contribution in [0.25, 0.3) is 0 Å². The van der Waals surface area contributed by atoms with Gasteiger partial charge in [0.2, 0.25) is 0 Å². The highest BCUT2D eigenvalue weighted by atomic mass is 35.5. The first kappa shape index (κ1) is 23.6. The molecule has 1 amide bonds. The maximum Gasteiger partial charge on any atom is 0.265 e. The Morgan fingerprint density at radius 2 is 1.66 bits per heavy atom. The lowest BCUT2D eigenvalue weighted by Crippen LogP contribution is -2.30. The minimum absolute atomic E-state index is 0.0642. The van der Waals surface area contributed by atoms with Gasteiger partial charge in [-0.05, 0) is 92.9 Å². The van der Waals surface area contributed by atoms with Crippen LogP contribution in [0.2, 0.25) is 5.02 Å². The summed E-state index contributed by atoms with van der Waals surface area (Å²) in [4.78, 5) is 12.5. The fraction of sp³-hybridized carbons (Fsp3) is 0.208. The molecule has 0 aliphatic rings. The van der Waals surface area contributed by atoms with E-state index in [0.717, 1.165) is 11.1 Å². The Morgan fingerprint density at radius 1 is 0.969 bits per heavy atom. The van der Waals surface area contributed by atoms with E-state index < -0.39 is 16.1 Å². The lowest BCUT2D eigenvalue weighted by Gasteiger charge is -2.16. The van der Waals surface area contributed by atoms with E-state index >= 15 is 0 Å². The highest BCUT2D eigenvalue weighted by Gasteiger charge is 2.18. The summed E-state index contributed by atoms with van der Waals surface area (Å²) in [7, 11) is -3.81. The number of carbonyl (C=O) groups is 1. The SMILES string of the molecule is Cc1ccc(O[C@H](C)C(=O)Nc2ccc(S(=O)(=O)Nc3cccc(Cl)c3C)cc2)cc1C. The lowest BCUT2D eigenvalue weighted by atomic mass is 10.1. The van der Waals surface area contributed by atoms with E-state index in [2.05, 4.69) is 10.0 Å². The molecule has 1 atom stereocenters. The van der Waals surface area contributed by atoms with Gasteiger partial charge in [-0.3, -0.25) is 9.52 Å². The monoisotopic (exact) mass is 472 g/mol. The van der Waals surface area contributed by atoms with Crippen LogP contribution in [0.15, 0.2) is 65.6 Å². The zero-order chi connectivity index (χ0) is 23.5. The van der Waals surface area contributed by atoms with Gasteiger partial charge in [-0.15, -0.1) is 0 Å².